The highest BCUT2D eigenvalue weighted by Gasteiger charge is 2.33. The second-order valence-corrected chi connectivity index (χ2v) is 4.72. The Hall–Kier alpha value is -1.37. The highest BCUT2D eigenvalue weighted by atomic mass is 32.1. The van der Waals surface area contributed by atoms with E-state index in [4.69, 9.17) is 18.0 Å². The molecule has 0 bridgehead atoms. The highest BCUT2D eigenvalue weighted by molar-refractivity contribution is 7.80. The summed E-state index contributed by atoms with van der Waals surface area (Å²) in [5, 5.41) is 2.89. The van der Waals surface area contributed by atoms with Crippen LogP contribution in [0.2, 0.25) is 0 Å². The molecule has 0 saturated heterocycles. The summed E-state index contributed by atoms with van der Waals surface area (Å²) >= 11 is 4.80. The van der Waals surface area contributed by atoms with E-state index in [0.717, 1.165) is 18.9 Å². The van der Waals surface area contributed by atoms with Crippen molar-refractivity contribution < 1.29 is 13.2 Å². The Labute approximate surface area is 108 Å². The molecule has 0 aliphatic heterocycles. The number of hydrogen-bond acceptors (Lipinski definition) is 3. The molecule has 1 saturated carbocycles. The molecule has 1 aromatic heterocycles. The third-order valence-electron chi connectivity index (χ3n) is 2.71. The number of hydrogen-bond donors (Lipinski definition) is 2. The molecule has 0 amide bonds. The second kappa shape index (κ2) is 4.72. The fourth-order valence-corrected chi connectivity index (χ4v) is 1.68. The maximum absolute atomic E-state index is 12.6. The van der Waals surface area contributed by atoms with Gasteiger partial charge in [0.15, 0.2) is 0 Å². The number of anilines is 1. The summed E-state index contributed by atoms with van der Waals surface area (Å²) in [5.74, 6) is 0.629. The van der Waals surface area contributed by atoms with E-state index in [1.165, 1.54) is 6.07 Å². The number of nitrogens with one attached hydrogen (secondary N) is 1. The predicted octanol–water partition coefficient (Wildman–Crippen LogP) is 2.56. The zero-order chi connectivity index (χ0) is 13.3. The van der Waals surface area contributed by atoms with Crippen molar-refractivity contribution in [2.75, 3.05) is 11.9 Å². The van der Waals surface area contributed by atoms with E-state index in [9.17, 15) is 13.2 Å². The molecule has 3 N–H and O–H groups in total. The molecule has 1 fully saturated rings. The van der Waals surface area contributed by atoms with Crippen LogP contribution < -0.4 is 11.1 Å². The van der Waals surface area contributed by atoms with Crippen LogP contribution in [0.15, 0.2) is 12.1 Å². The molecular weight excluding hydrogens is 263 g/mol. The van der Waals surface area contributed by atoms with E-state index < -0.39 is 11.9 Å². The lowest BCUT2D eigenvalue weighted by Crippen LogP contribution is -2.18. The van der Waals surface area contributed by atoms with Gasteiger partial charge in [-0.3, -0.25) is 0 Å². The molecular formula is C11H12F3N3S. The van der Waals surface area contributed by atoms with Crippen molar-refractivity contribution in [3.63, 3.8) is 0 Å². The SMILES string of the molecule is NC(=S)c1ccc(C(F)(F)F)nc1NCC1CC1. The van der Waals surface area contributed by atoms with Crippen LogP contribution in [0, 0.1) is 5.92 Å². The number of alkyl halides is 3. The van der Waals surface area contributed by atoms with Crippen molar-refractivity contribution in [1.29, 1.82) is 0 Å². The van der Waals surface area contributed by atoms with Crippen molar-refractivity contribution in [1.82, 2.24) is 4.98 Å². The molecule has 0 aromatic carbocycles. The first-order chi connectivity index (χ1) is 8.38. The minimum Gasteiger partial charge on any atom is -0.389 e. The van der Waals surface area contributed by atoms with Crippen molar-refractivity contribution in [3.8, 4) is 0 Å². The molecule has 1 aromatic rings. The first-order valence-electron chi connectivity index (χ1n) is 5.50. The summed E-state index contributed by atoms with van der Waals surface area (Å²) in [7, 11) is 0. The van der Waals surface area contributed by atoms with Crippen LogP contribution in [-0.4, -0.2) is 16.5 Å². The quantitative estimate of drug-likeness (QED) is 0.829. The largest absolute Gasteiger partial charge is 0.433 e. The summed E-state index contributed by atoms with van der Waals surface area (Å²) in [6.45, 7) is 0.601. The monoisotopic (exact) mass is 275 g/mol. The fraction of sp³-hybridized carbons (Fsp3) is 0.455. The fourth-order valence-electron chi connectivity index (χ4n) is 1.51. The Kier molecular flexibility index (Phi) is 3.43. The predicted molar refractivity (Wildman–Crippen MR) is 66.3 cm³/mol. The van der Waals surface area contributed by atoms with Gasteiger partial charge in [-0.25, -0.2) is 4.98 Å². The standard InChI is InChI=1S/C11H12F3N3S/c12-11(13,14)8-4-3-7(9(15)18)10(17-8)16-5-6-1-2-6/h3-4,6H,1-2,5H2,(H2,15,18)(H,16,17). The maximum Gasteiger partial charge on any atom is 0.433 e. The van der Waals surface area contributed by atoms with E-state index in [1.54, 1.807) is 0 Å². The third-order valence-corrected chi connectivity index (χ3v) is 2.93. The van der Waals surface area contributed by atoms with Crippen LogP contribution in [0.3, 0.4) is 0 Å². The molecule has 1 aliphatic carbocycles. The van der Waals surface area contributed by atoms with Gasteiger partial charge in [-0.2, -0.15) is 13.2 Å². The minimum absolute atomic E-state index is 0.0366. The minimum atomic E-state index is -4.47. The molecule has 0 unspecified atom stereocenters. The van der Waals surface area contributed by atoms with Crippen LogP contribution >= 0.6 is 12.2 Å². The van der Waals surface area contributed by atoms with Gasteiger partial charge in [0.25, 0.3) is 0 Å². The van der Waals surface area contributed by atoms with Gasteiger partial charge in [0.2, 0.25) is 0 Å². The topological polar surface area (TPSA) is 50.9 Å². The molecule has 0 radical (unpaired) electrons. The van der Waals surface area contributed by atoms with Crippen LogP contribution in [-0.2, 0) is 6.18 Å². The summed E-state index contributed by atoms with van der Waals surface area (Å²) in [4.78, 5) is 3.60. The lowest BCUT2D eigenvalue weighted by molar-refractivity contribution is -0.141. The van der Waals surface area contributed by atoms with Gasteiger partial charge >= 0.3 is 6.18 Å². The number of pyridine rings is 1. The number of thiocarbonyl (C=S) groups is 1. The normalized spacial score (nSPS) is 15.5. The molecule has 1 heterocycles. The Morgan fingerprint density at radius 3 is 2.61 bits per heavy atom. The van der Waals surface area contributed by atoms with E-state index >= 15 is 0 Å². The van der Waals surface area contributed by atoms with Crippen molar-refractivity contribution in [3.05, 3.63) is 23.4 Å². The summed E-state index contributed by atoms with van der Waals surface area (Å²) in [6, 6.07) is 2.14. The first kappa shape index (κ1) is 13.1. The van der Waals surface area contributed by atoms with E-state index in [-0.39, 0.29) is 10.8 Å². The Balaban J connectivity index is 2.27. The number of rotatable bonds is 4. The van der Waals surface area contributed by atoms with Crippen LogP contribution in [0.25, 0.3) is 0 Å². The molecule has 7 heteroatoms. The molecule has 0 atom stereocenters. The number of halogens is 3. The highest BCUT2D eigenvalue weighted by Crippen LogP contribution is 2.31. The number of aromatic nitrogens is 1. The zero-order valence-electron chi connectivity index (χ0n) is 9.42. The van der Waals surface area contributed by atoms with Gasteiger partial charge in [0, 0.05) is 6.54 Å². The van der Waals surface area contributed by atoms with Crippen molar-refractivity contribution in [2.24, 2.45) is 11.7 Å². The Morgan fingerprint density at radius 2 is 2.11 bits per heavy atom. The van der Waals surface area contributed by atoms with Crippen LogP contribution in [0.4, 0.5) is 19.0 Å². The molecule has 2 rings (SSSR count). The van der Waals surface area contributed by atoms with E-state index in [1.807, 2.05) is 0 Å². The Morgan fingerprint density at radius 1 is 1.44 bits per heavy atom. The molecule has 3 nitrogen and oxygen atoms in total. The molecule has 18 heavy (non-hydrogen) atoms. The average molecular weight is 275 g/mol. The van der Waals surface area contributed by atoms with Gasteiger partial charge in [-0.1, -0.05) is 12.2 Å². The molecule has 0 spiro atoms. The summed E-state index contributed by atoms with van der Waals surface area (Å²) in [5.41, 5.74) is 4.87. The maximum atomic E-state index is 12.6. The van der Waals surface area contributed by atoms with Crippen molar-refractivity contribution >= 4 is 23.0 Å². The number of nitrogens with two attached hydrogens (primary N) is 1. The van der Waals surface area contributed by atoms with Crippen LogP contribution in [0.1, 0.15) is 24.1 Å². The summed E-state index contributed by atoms with van der Waals surface area (Å²) in [6.07, 6.45) is -2.28. The first-order valence-corrected chi connectivity index (χ1v) is 5.90. The Bertz CT molecular complexity index is 469. The van der Waals surface area contributed by atoms with Crippen molar-refractivity contribution in [2.45, 2.75) is 19.0 Å². The van der Waals surface area contributed by atoms with E-state index in [0.29, 0.717) is 18.0 Å². The molecule has 98 valence electrons. The number of nitrogens with zero attached hydrogens (tertiary/aromatic N) is 1. The third kappa shape index (κ3) is 3.10. The van der Waals surface area contributed by atoms with Crippen LogP contribution in [0.5, 0.6) is 0 Å². The van der Waals surface area contributed by atoms with Gasteiger partial charge in [-0.05, 0) is 30.9 Å². The lowest BCUT2D eigenvalue weighted by Gasteiger charge is -2.13. The van der Waals surface area contributed by atoms with Gasteiger partial charge < -0.3 is 11.1 Å². The van der Waals surface area contributed by atoms with E-state index in [2.05, 4.69) is 10.3 Å². The lowest BCUT2D eigenvalue weighted by atomic mass is 10.2. The molecule has 1 aliphatic rings. The zero-order valence-corrected chi connectivity index (χ0v) is 10.2. The second-order valence-electron chi connectivity index (χ2n) is 4.28. The smallest absolute Gasteiger partial charge is 0.389 e. The average Bonchev–Trinajstić information content (AvgIpc) is 3.08. The van der Waals surface area contributed by atoms with Gasteiger partial charge in [0.1, 0.15) is 16.5 Å². The van der Waals surface area contributed by atoms with Gasteiger partial charge in [0.05, 0.1) is 5.56 Å². The van der Waals surface area contributed by atoms with Gasteiger partial charge in [-0.15, -0.1) is 0 Å². The summed E-state index contributed by atoms with van der Waals surface area (Å²) < 4.78 is 37.7.